The van der Waals surface area contributed by atoms with Crippen LogP contribution in [0.1, 0.15) is 34.9 Å². The third-order valence-electron chi connectivity index (χ3n) is 5.44. The van der Waals surface area contributed by atoms with Crippen LogP contribution >= 0.6 is 0 Å². The van der Waals surface area contributed by atoms with Gasteiger partial charge in [0.1, 0.15) is 11.4 Å². The molecule has 2 aromatic carbocycles. The van der Waals surface area contributed by atoms with Gasteiger partial charge in [0.05, 0.1) is 10.6 Å². The maximum atomic E-state index is 12.9. The Bertz CT molecular complexity index is 1140. The number of benzene rings is 2. The van der Waals surface area contributed by atoms with E-state index in [1.165, 1.54) is 16.8 Å². The van der Waals surface area contributed by atoms with Crippen LogP contribution in [0.5, 0.6) is 0 Å². The van der Waals surface area contributed by atoms with Gasteiger partial charge in [0.25, 0.3) is 11.6 Å². The number of carbonyl (C=O) groups excluding carboxylic acids is 1. The van der Waals surface area contributed by atoms with Gasteiger partial charge >= 0.3 is 5.69 Å². The average molecular weight is 407 g/mol. The molecule has 1 fully saturated rings. The van der Waals surface area contributed by atoms with Crippen molar-refractivity contribution >= 4 is 11.6 Å². The first kappa shape index (κ1) is 19.6. The van der Waals surface area contributed by atoms with E-state index in [9.17, 15) is 19.7 Å². The van der Waals surface area contributed by atoms with Crippen molar-refractivity contribution in [2.45, 2.75) is 18.8 Å². The fourth-order valence-electron chi connectivity index (χ4n) is 3.89. The van der Waals surface area contributed by atoms with Gasteiger partial charge in [-0.1, -0.05) is 30.3 Å². The summed E-state index contributed by atoms with van der Waals surface area (Å²) in [6, 6.07) is 15.3. The highest BCUT2D eigenvalue weighted by Crippen LogP contribution is 2.29. The summed E-state index contributed by atoms with van der Waals surface area (Å²) < 4.78 is 2.94. The third-order valence-corrected chi connectivity index (χ3v) is 5.44. The Kier molecular flexibility index (Phi) is 5.18. The minimum absolute atomic E-state index is 0.00825. The first-order valence-corrected chi connectivity index (χ1v) is 9.71. The Morgan fingerprint density at radius 3 is 2.37 bits per heavy atom. The zero-order valence-electron chi connectivity index (χ0n) is 16.5. The maximum absolute atomic E-state index is 12.9. The molecule has 1 aliphatic rings. The van der Waals surface area contributed by atoms with Gasteiger partial charge in [-0.25, -0.2) is 14.0 Å². The van der Waals surface area contributed by atoms with Gasteiger partial charge in [-0.05, 0) is 31.0 Å². The van der Waals surface area contributed by atoms with E-state index in [1.807, 2.05) is 30.3 Å². The molecule has 4 rings (SSSR count). The Morgan fingerprint density at radius 1 is 1.07 bits per heavy atom. The molecule has 2 heterocycles. The van der Waals surface area contributed by atoms with Crippen LogP contribution in [0.2, 0.25) is 0 Å². The van der Waals surface area contributed by atoms with Gasteiger partial charge in [-0.2, -0.15) is 5.10 Å². The van der Waals surface area contributed by atoms with Crippen molar-refractivity contribution in [3.8, 4) is 5.69 Å². The number of amides is 1. The number of hydrogen-bond donors (Lipinski definition) is 0. The second-order valence-corrected chi connectivity index (χ2v) is 7.28. The van der Waals surface area contributed by atoms with E-state index in [0.717, 1.165) is 5.69 Å². The van der Waals surface area contributed by atoms with Crippen LogP contribution in [-0.2, 0) is 7.05 Å². The van der Waals surface area contributed by atoms with Crippen LogP contribution in [0.15, 0.2) is 59.4 Å². The molecule has 0 N–H and O–H groups in total. The molecular weight excluding hydrogens is 386 g/mol. The molecule has 3 aromatic rings. The fourth-order valence-corrected chi connectivity index (χ4v) is 3.89. The summed E-state index contributed by atoms with van der Waals surface area (Å²) in [4.78, 5) is 37.8. The number of nitro groups is 1. The van der Waals surface area contributed by atoms with Crippen molar-refractivity contribution in [1.29, 1.82) is 0 Å². The smallest absolute Gasteiger partial charge is 0.338 e. The van der Waals surface area contributed by atoms with E-state index >= 15 is 0 Å². The molecule has 154 valence electrons. The summed E-state index contributed by atoms with van der Waals surface area (Å²) in [5.74, 6) is 0.336. The molecule has 0 unspecified atom stereocenters. The molecule has 1 saturated heterocycles. The lowest BCUT2D eigenvalue weighted by Crippen LogP contribution is -2.38. The largest absolute Gasteiger partial charge is 0.350 e. The van der Waals surface area contributed by atoms with Crippen LogP contribution in [0.25, 0.3) is 5.69 Å². The number of rotatable bonds is 4. The van der Waals surface area contributed by atoms with E-state index in [2.05, 4.69) is 5.10 Å². The Labute approximate surface area is 172 Å². The summed E-state index contributed by atoms with van der Waals surface area (Å²) in [7, 11) is 1.62. The monoisotopic (exact) mass is 407 g/mol. The van der Waals surface area contributed by atoms with Crippen molar-refractivity contribution < 1.29 is 9.72 Å². The number of nitrogens with zero attached hydrogens (tertiary/aromatic N) is 5. The number of aryl methyl sites for hydroxylation is 1. The van der Waals surface area contributed by atoms with Gasteiger partial charge in [0.15, 0.2) is 0 Å². The van der Waals surface area contributed by atoms with E-state index in [-0.39, 0.29) is 28.8 Å². The number of carbonyl (C=O) groups is 1. The summed E-state index contributed by atoms with van der Waals surface area (Å²) in [6.07, 6.45) is 1.24. The highest BCUT2D eigenvalue weighted by molar-refractivity contribution is 5.98. The topological polar surface area (TPSA) is 103 Å². The molecule has 0 bridgehead atoms. The van der Waals surface area contributed by atoms with Crippen molar-refractivity contribution in [2.75, 3.05) is 13.1 Å². The van der Waals surface area contributed by atoms with Crippen LogP contribution in [-0.4, -0.2) is 43.2 Å². The van der Waals surface area contributed by atoms with Crippen molar-refractivity contribution in [3.05, 3.63) is 86.6 Å². The molecule has 1 aliphatic heterocycles. The van der Waals surface area contributed by atoms with E-state index in [1.54, 1.807) is 28.6 Å². The zero-order valence-corrected chi connectivity index (χ0v) is 16.5. The molecule has 0 atom stereocenters. The fraction of sp³-hybridized carbons (Fsp3) is 0.286. The van der Waals surface area contributed by atoms with E-state index in [4.69, 9.17) is 0 Å². The standard InChI is InChI=1S/C21H21N5O4/c1-23-21(28)25(16-7-3-2-4-8-16)19(22-23)15-11-13-24(14-12-15)20(27)17-9-5-6-10-18(17)26(29)30/h2-10,15H,11-14H2,1H3. The highest BCUT2D eigenvalue weighted by atomic mass is 16.6. The summed E-state index contributed by atoms with van der Waals surface area (Å²) >= 11 is 0. The number of nitro benzene ring substituents is 1. The van der Waals surface area contributed by atoms with Crippen molar-refractivity contribution in [3.63, 3.8) is 0 Å². The predicted molar refractivity (Wildman–Crippen MR) is 110 cm³/mol. The quantitative estimate of drug-likeness (QED) is 0.488. The molecule has 0 spiro atoms. The number of hydrogen-bond acceptors (Lipinski definition) is 5. The lowest BCUT2D eigenvalue weighted by Gasteiger charge is -2.31. The summed E-state index contributed by atoms with van der Waals surface area (Å²) in [5.41, 5.74) is 0.450. The minimum Gasteiger partial charge on any atom is -0.338 e. The second-order valence-electron chi connectivity index (χ2n) is 7.28. The zero-order chi connectivity index (χ0) is 21.3. The molecule has 0 aliphatic carbocycles. The van der Waals surface area contributed by atoms with Crippen molar-refractivity contribution in [2.24, 2.45) is 7.05 Å². The third kappa shape index (κ3) is 3.49. The van der Waals surface area contributed by atoms with Crippen LogP contribution < -0.4 is 5.69 Å². The van der Waals surface area contributed by atoms with E-state index < -0.39 is 4.92 Å². The molecular formula is C21H21N5O4. The predicted octanol–water partition coefficient (Wildman–Crippen LogP) is 2.50. The SMILES string of the molecule is Cn1nc(C2CCN(C(=O)c3ccccc3[N+](=O)[O-])CC2)n(-c2ccccc2)c1=O. The summed E-state index contributed by atoms with van der Waals surface area (Å²) in [5, 5.41) is 15.7. The molecule has 9 heteroatoms. The maximum Gasteiger partial charge on any atom is 0.350 e. The first-order chi connectivity index (χ1) is 14.5. The molecule has 1 aromatic heterocycles. The van der Waals surface area contributed by atoms with Crippen molar-refractivity contribution in [1.82, 2.24) is 19.2 Å². The lowest BCUT2D eigenvalue weighted by molar-refractivity contribution is -0.385. The normalized spacial score (nSPS) is 14.6. The van der Waals surface area contributed by atoms with Crippen LogP contribution in [0.4, 0.5) is 5.69 Å². The molecule has 0 saturated carbocycles. The number of piperidine rings is 1. The molecule has 1 amide bonds. The van der Waals surface area contributed by atoms with Gasteiger partial charge in [0, 0.05) is 32.1 Å². The second kappa shape index (κ2) is 7.94. The first-order valence-electron chi connectivity index (χ1n) is 9.71. The molecule has 30 heavy (non-hydrogen) atoms. The molecule has 0 radical (unpaired) electrons. The van der Waals surface area contributed by atoms with Gasteiger partial charge < -0.3 is 4.90 Å². The van der Waals surface area contributed by atoms with Gasteiger partial charge in [-0.15, -0.1) is 0 Å². The average Bonchev–Trinajstić information content (AvgIpc) is 3.08. The Morgan fingerprint density at radius 2 is 1.70 bits per heavy atom. The number of aromatic nitrogens is 3. The Balaban J connectivity index is 1.55. The lowest BCUT2D eigenvalue weighted by atomic mass is 9.95. The van der Waals surface area contributed by atoms with Gasteiger partial charge in [0.2, 0.25) is 0 Å². The number of para-hydroxylation sites is 2. The Hall–Kier alpha value is -3.75. The number of likely N-dealkylation sites (tertiary alicyclic amines) is 1. The minimum atomic E-state index is -0.535. The molecule has 9 nitrogen and oxygen atoms in total. The van der Waals surface area contributed by atoms with Gasteiger partial charge in [-0.3, -0.25) is 14.9 Å². The summed E-state index contributed by atoms with van der Waals surface area (Å²) in [6.45, 7) is 0.879. The highest BCUT2D eigenvalue weighted by Gasteiger charge is 2.31. The van der Waals surface area contributed by atoms with Crippen LogP contribution in [0, 0.1) is 10.1 Å². The van der Waals surface area contributed by atoms with Crippen LogP contribution in [0.3, 0.4) is 0 Å². The van der Waals surface area contributed by atoms with E-state index in [0.29, 0.717) is 31.8 Å².